The molecule has 0 fully saturated rings. The number of hydrogen-bond donors (Lipinski definition) is 3. The van der Waals surface area contributed by atoms with Crippen molar-refractivity contribution in [1.82, 2.24) is 15.6 Å². The molecule has 0 bridgehead atoms. The molecule has 1 heterocycles. The van der Waals surface area contributed by atoms with Gasteiger partial charge in [-0.25, -0.2) is 4.98 Å². The Morgan fingerprint density at radius 3 is 2.53 bits per heavy atom. The highest BCUT2D eigenvalue weighted by molar-refractivity contribution is 7.18. The van der Waals surface area contributed by atoms with Crippen LogP contribution in [0.3, 0.4) is 0 Å². The molecule has 0 aliphatic rings. The quantitative estimate of drug-likeness (QED) is 0.709. The summed E-state index contributed by atoms with van der Waals surface area (Å²) in [4.78, 5) is 29.4. The van der Waals surface area contributed by atoms with Crippen molar-refractivity contribution in [2.45, 2.75) is 19.9 Å². The highest BCUT2D eigenvalue weighted by Gasteiger charge is 2.17. The summed E-state index contributed by atoms with van der Waals surface area (Å²) in [6, 6.07) is 0.0400. The van der Waals surface area contributed by atoms with Gasteiger partial charge in [0.15, 0.2) is 5.13 Å². The lowest BCUT2D eigenvalue weighted by Crippen LogP contribution is -2.39. The molecule has 0 aliphatic heterocycles. The SMILES string of the molecule is CC(C)NC(=O)CNC(=O)c1sc(N(C)C)nc1N. The molecule has 8 heteroatoms. The second-order valence-corrected chi connectivity index (χ2v) is 5.49. The molecule has 0 unspecified atom stereocenters. The van der Waals surface area contributed by atoms with E-state index < -0.39 is 0 Å². The van der Waals surface area contributed by atoms with Gasteiger partial charge in [-0.3, -0.25) is 9.59 Å². The summed E-state index contributed by atoms with van der Waals surface area (Å²) in [5, 5.41) is 5.85. The topological polar surface area (TPSA) is 100 Å². The molecule has 0 aromatic carbocycles. The Balaban J connectivity index is 2.61. The first-order chi connectivity index (χ1) is 8.81. The number of nitrogens with two attached hydrogens (primary N) is 1. The van der Waals surface area contributed by atoms with E-state index in [0.29, 0.717) is 10.0 Å². The van der Waals surface area contributed by atoms with Crippen LogP contribution in [0.25, 0.3) is 0 Å². The Morgan fingerprint density at radius 1 is 1.42 bits per heavy atom. The smallest absolute Gasteiger partial charge is 0.265 e. The van der Waals surface area contributed by atoms with Gasteiger partial charge in [-0.05, 0) is 13.8 Å². The Morgan fingerprint density at radius 2 is 2.05 bits per heavy atom. The van der Waals surface area contributed by atoms with E-state index in [2.05, 4.69) is 15.6 Å². The predicted molar refractivity (Wildman–Crippen MR) is 76.5 cm³/mol. The molecule has 0 saturated heterocycles. The summed E-state index contributed by atoms with van der Waals surface area (Å²) in [5.41, 5.74) is 5.68. The first-order valence-electron chi connectivity index (χ1n) is 5.82. The van der Waals surface area contributed by atoms with Crippen LogP contribution < -0.4 is 21.3 Å². The minimum absolute atomic E-state index is 0.0400. The molecule has 19 heavy (non-hydrogen) atoms. The van der Waals surface area contributed by atoms with E-state index in [4.69, 9.17) is 5.73 Å². The minimum Gasteiger partial charge on any atom is -0.382 e. The van der Waals surface area contributed by atoms with Crippen molar-refractivity contribution >= 4 is 34.1 Å². The second-order valence-electron chi connectivity index (χ2n) is 4.51. The molecule has 0 aliphatic carbocycles. The number of anilines is 2. The van der Waals surface area contributed by atoms with Crippen molar-refractivity contribution in [3.05, 3.63) is 4.88 Å². The zero-order chi connectivity index (χ0) is 14.6. The van der Waals surface area contributed by atoms with E-state index in [1.54, 1.807) is 4.90 Å². The van der Waals surface area contributed by atoms with Crippen LogP contribution in [-0.4, -0.2) is 43.5 Å². The largest absolute Gasteiger partial charge is 0.382 e. The van der Waals surface area contributed by atoms with Crippen LogP contribution in [0, 0.1) is 0 Å². The number of amides is 2. The molecule has 4 N–H and O–H groups in total. The van der Waals surface area contributed by atoms with Gasteiger partial charge in [0.1, 0.15) is 10.7 Å². The van der Waals surface area contributed by atoms with Gasteiger partial charge in [-0.1, -0.05) is 11.3 Å². The van der Waals surface area contributed by atoms with Crippen molar-refractivity contribution in [3.8, 4) is 0 Å². The Hall–Kier alpha value is -1.83. The van der Waals surface area contributed by atoms with Gasteiger partial charge < -0.3 is 21.3 Å². The first kappa shape index (κ1) is 15.2. The van der Waals surface area contributed by atoms with Crippen LogP contribution >= 0.6 is 11.3 Å². The lowest BCUT2D eigenvalue weighted by molar-refractivity contribution is -0.120. The van der Waals surface area contributed by atoms with Crippen molar-refractivity contribution in [1.29, 1.82) is 0 Å². The number of hydrogen-bond acceptors (Lipinski definition) is 6. The van der Waals surface area contributed by atoms with E-state index >= 15 is 0 Å². The fraction of sp³-hybridized carbons (Fsp3) is 0.545. The lowest BCUT2D eigenvalue weighted by atomic mass is 10.4. The third-order valence-electron chi connectivity index (χ3n) is 2.09. The third-order valence-corrected chi connectivity index (χ3v) is 3.33. The number of carbonyl (C=O) groups excluding carboxylic acids is 2. The fourth-order valence-electron chi connectivity index (χ4n) is 1.29. The molecule has 7 nitrogen and oxygen atoms in total. The number of nitrogens with zero attached hydrogens (tertiary/aromatic N) is 2. The summed E-state index contributed by atoms with van der Waals surface area (Å²) in [5.74, 6) is -0.447. The van der Waals surface area contributed by atoms with E-state index in [-0.39, 0.29) is 30.2 Å². The van der Waals surface area contributed by atoms with Crippen LogP contribution in [0.1, 0.15) is 23.5 Å². The monoisotopic (exact) mass is 285 g/mol. The standard InChI is InChI=1S/C11H19N5O2S/c1-6(2)14-7(17)5-13-10(18)8-9(12)15-11(19-8)16(3)4/h6H,5,12H2,1-4H3,(H,13,18)(H,14,17). The van der Waals surface area contributed by atoms with Crippen LogP contribution in [0.15, 0.2) is 0 Å². The van der Waals surface area contributed by atoms with Crippen LogP contribution in [-0.2, 0) is 4.79 Å². The van der Waals surface area contributed by atoms with Gasteiger partial charge >= 0.3 is 0 Å². The number of thiazole rings is 1. The number of aromatic nitrogens is 1. The zero-order valence-electron chi connectivity index (χ0n) is 11.5. The first-order valence-corrected chi connectivity index (χ1v) is 6.64. The maximum Gasteiger partial charge on any atom is 0.265 e. The minimum atomic E-state index is -0.387. The maximum absolute atomic E-state index is 11.9. The molecule has 0 radical (unpaired) electrons. The van der Waals surface area contributed by atoms with E-state index in [9.17, 15) is 9.59 Å². The molecular formula is C11H19N5O2S. The van der Waals surface area contributed by atoms with E-state index in [1.165, 1.54) is 11.3 Å². The average molecular weight is 285 g/mol. The van der Waals surface area contributed by atoms with Gasteiger partial charge in [0, 0.05) is 20.1 Å². The fourth-order valence-corrected chi connectivity index (χ4v) is 2.11. The molecule has 106 valence electrons. The highest BCUT2D eigenvalue weighted by atomic mass is 32.1. The van der Waals surface area contributed by atoms with Crippen molar-refractivity contribution in [3.63, 3.8) is 0 Å². The Labute approximate surface area is 116 Å². The van der Waals surface area contributed by atoms with Gasteiger partial charge in [0.2, 0.25) is 5.91 Å². The molecule has 1 aromatic heterocycles. The zero-order valence-corrected chi connectivity index (χ0v) is 12.3. The number of carbonyl (C=O) groups is 2. The van der Waals surface area contributed by atoms with Gasteiger partial charge in [0.25, 0.3) is 5.91 Å². The van der Waals surface area contributed by atoms with Crippen molar-refractivity contribution in [2.75, 3.05) is 31.3 Å². The number of rotatable bonds is 5. The van der Waals surface area contributed by atoms with Crippen LogP contribution in [0.5, 0.6) is 0 Å². The van der Waals surface area contributed by atoms with Crippen molar-refractivity contribution in [2.24, 2.45) is 0 Å². The molecule has 1 rings (SSSR count). The Bertz CT molecular complexity index is 470. The molecular weight excluding hydrogens is 266 g/mol. The number of nitrogen functional groups attached to an aromatic ring is 1. The van der Waals surface area contributed by atoms with Crippen molar-refractivity contribution < 1.29 is 9.59 Å². The summed E-state index contributed by atoms with van der Waals surface area (Å²) < 4.78 is 0. The third kappa shape index (κ3) is 4.40. The predicted octanol–water partition coefficient (Wildman–Crippen LogP) is 0.0457. The lowest BCUT2D eigenvalue weighted by Gasteiger charge is -2.08. The maximum atomic E-state index is 11.9. The summed E-state index contributed by atoms with van der Waals surface area (Å²) >= 11 is 1.19. The van der Waals surface area contributed by atoms with Gasteiger partial charge in [-0.2, -0.15) is 0 Å². The van der Waals surface area contributed by atoms with E-state index in [0.717, 1.165) is 0 Å². The molecule has 2 amide bonds. The van der Waals surface area contributed by atoms with Gasteiger partial charge in [-0.15, -0.1) is 0 Å². The number of nitrogens with one attached hydrogen (secondary N) is 2. The summed E-state index contributed by atoms with van der Waals surface area (Å²) in [6.45, 7) is 3.63. The highest BCUT2D eigenvalue weighted by Crippen LogP contribution is 2.26. The van der Waals surface area contributed by atoms with Gasteiger partial charge in [0.05, 0.1) is 6.54 Å². The molecule has 0 saturated carbocycles. The average Bonchev–Trinajstić information content (AvgIpc) is 2.67. The second kappa shape index (κ2) is 6.37. The van der Waals surface area contributed by atoms with E-state index in [1.807, 2.05) is 27.9 Å². The molecule has 1 aromatic rings. The molecule has 0 spiro atoms. The molecule has 0 atom stereocenters. The summed E-state index contributed by atoms with van der Waals surface area (Å²) in [7, 11) is 3.63. The summed E-state index contributed by atoms with van der Waals surface area (Å²) in [6.07, 6.45) is 0. The normalized spacial score (nSPS) is 10.4. The van der Waals surface area contributed by atoms with Crippen LogP contribution in [0.4, 0.5) is 10.9 Å². The Kier molecular flexibility index (Phi) is 5.11. The van der Waals surface area contributed by atoms with Crippen LogP contribution in [0.2, 0.25) is 0 Å².